The van der Waals surface area contributed by atoms with Crippen LogP contribution in [0.3, 0.4) is 0 Å². The standard InChI is InChI=1S/C14H23NO3S/c1-3-12(2)11-19(16,17)8-7-18-14-6-4-5-13(9-14)10-15/h4-6,9,12H,3,7-8,10-11,15H2,1-2H3. The lowest BCUT2D eigenvalue weighted by Crippen LogP contribution is -2.20. The van der Waals surface area contributed by atoms with Crippen molar-refractivity contribution in [1.29, 1.82) is 0 Å². The van der Waals surface area contributed by atoms with Gasteiger partial charge in [0.25, 0.3) is 0 Å². The lowest BCUT2D eigenvalue weighted by molar-refractivity contribution is 0.340. The molecule has 0 fully saturated rings. The molecule has 1 unspecified atom stereocenters. The van der Waals surface area contributed by atoms with E-state index in [0.717, 1.165) is 12.0 Å². The molecule has 0 heterocycles. The molecule has 0 aliphatic rings. The average Bonchev–Trinajstić information content (AvgIpc) is 2.38. The Labute approximate surface area is 115 Å². The SMILES string of the molecule is CCC(C)CS(=O)(=O)CCOc1cccc(CN)c1. The van der Waals surface area contributed by atoms with Gasteiger partial charge in [0.05, 0.1) is 11.5 Å². The fourth-order valence-electron chi connectivity index (χ4n) is 1.68. The third kappa shape index (κ3) is 6.07. The van der Waals surface area contributed by atoms with Crippen LogP contribution in [0, 0.1) is 5.92 Å². The number of rotatable bonds is 8. The van der Waals surface area contributed by atoms with Gasteiger partial charge in [0, 0.05) is 6.54 Å². The minimum Gasteiger partial charge on any atom is -0.493 e. The predicted octanol–water partition coefficient (Wildman–Crippen LogP) is 1.98. The maximum absolute atomic E-state index is 11.8. The number of hydrogen-bond acceptors (Lipinski definition) is 4. The number of sulfone groups is 1. The highest BCUT2D eigenvalue weighted by molar-refractivity contribution is 7.91. The van der Waals surface area contributed by atoms with E-state index in [2.05, 4.69) is 0 Å². The highest BCUT2D eigenvalue weighted by Gasteiger charge is 2.14. The second-order valence-electron chi connectivity index (χ2n) is 4.83. The third-order valence-corrected chi connectivity index (χ3v) is 4.90. The Hall–Kier alpha value is -1.07. The summed E-state index contributed by atoms with van der Waals surface area (Å²) in [5.41, 5.74) is 6.51. The number of hydrogen-bond donors (Lipinski definition) is 1. The molecule has 1 atom stereocenters. The third-order valence-electron chi connectivity index (χ3n) is 3.03. The molecular weight excluding hydrogens is 262 g/mol. The van der Waals surface area contributed by atoms with Crippen molar-refractivity contribution in [3.8, 4) is 5.75 Å². The van der Waals surface area contributed by atoms with E-state index < -0.39 is 9.84 Å². The molecule has 1 aromatic carbocycles. The first-order valence-corrected chi connectivity index (χ1v) is 8.41. The van der Waals surface area contributed by atoms with Gasteiger partial charge in [0.15, 0.2) is 9.84 Å². The van der Waals surface area contributed by atoms with Crippen molar-refractivity contribution in [2.24, 2.45) is 11.7 Å². The van der Waals surface area contributed by atoms with Gasteiger partial charge in [0.2, 0.25) is 0 Å². The Balaban J connectivity index is 2.45. The Morgan fingerprint density at radius 2 is 2.11 bits per heavy atom. The molecule has 4 nitrogen and oxygen atoms in total. The fraction of sp³-hybridized carbons (Fsp3) is 0.571. The van der Waals surface area contributed by atoms with Gasteiger partial charge < -0.3 is 10.5 Å². The van der Waals surface area contributed by atoms with Gasteiger partial charge in [-0.2, -0.15) is 0 Å². The zero-order valence-corrected chi connectivity index (χ0v) is 12.4. The molecule has 0 radical (unpaired) electrons. The minimum atomic E-state index is -3.03. The van der Waals surface area contributed by atoms with Crippen molar-refractivity contribution in [1.82, 2.24) is 0 Å². The number of ether oxygens (including phenoxy) is 1. The van der Waals surface area contributed by atoms with Crippen molar-refractivity contribution in [3.05, 3.63) is 29.8 Å². The monoisotopic (exact) mass is 285 g/mol. The zero-order valence-electron chi connectivity index (χ0n) is 11.6. The molecule has 0 aromatic heterocycles. The summed E-state index contributed by atoms with van der Waals surface area (Å²) in [5.74, 6) is 1.16. The Morgan fingerprint density at radius 3 is 2.74 bits per heavy atom. The van der Waals surface area contributed by atoms with E-state index in [-0.39, 0.29) is 24.0 Å². The number of benzene rings is 1. The van der Waals surface area contributed by atoms with Gasteiger partial charge in [-0.15, -0.1) is 0 Å². The summed E-state index contributed by atoms with van der Waals surface area (Å²) in [6.45, 7) is 4.58. The molecule has 108 valence electrons. The maximum Gasteiger partial charge on any atom is 0.153 e. The van der Waals surface area contributed by atoms with Gasteiger partial charge in [0.1, 0.15) is 12.4 Å². The zero-order chi connectivity index (χ0) is 14.3. The smallest absolute Gasteiger partial charge is 0.153 e. The molecule has 1 aromatic rings. The normalized spacial score (nSPS) is 13.2. The molecule has 1 rings (SSSR count). The van der Waals surface area contributed by atoms with E-state index in [1.54, 1.807) is 6.07 Å². The van der Waals surface area contributed by atoms with Crippen LogP contribution in [0.2, 0.25) is 0 Å². The summed E-state index contributed by atoms with van der Waals surface area (Å²) in [7, 11) is -3.03. The summed E-state index contributed by atoms with van der Waals surface area (Å²) in [5, 5.41) is 0. The van der Waals surface area contributed by atoms with Gasteiger partial charge in [-0.1, -0.05) is 32.4 Å². The fourth-order valence-corrected chi connectivity index (χ4v) is 3.29. The molecule has 5 heteroatoms. The van der Waals surface area contributed by atoms with Crippen LogP contribution in [-0.2, 0) is 16.4 Å². The van der Waals surface area contributed by atoms with Crippen LogP contribution in [0.15, 0.2) is 24.3 Å². The Morgan fingerprint density at radius 1 is 1.37 bits per heavy atom. The van der Waals surface area contributed by atoms with E-state index in [0.29, 0.717) is 12.3 Å². The minimum absolute atomic E-state index is 0.0597. The highest BCUT2D eigenvalue weighted by Crippen LogP contribution is 2.13. The summed E-state index contributed by atoms with van der Waals surface area (Å²) >= 11 is 0. The van der Waals surface area contributed by atoms with Crippen molar-refractivity contribution in [2.75, 3.05) is 18.1 Å². The molecule has 0 saturated heterocycles. The predicted molar refractivity (Wildman–Crippen MR) is 77.9 cm³/mol. The van der Waals surface area contributed by atoms with Crippen LogP contribution < -0.4 is 10.5 Å². The van der Waals surface area contributed by atoms with E-state index in [1.165, 1.54) is 0 Å². The van der Waals surface area contributed by atoms with Gasteiger partial charge in [-0.05, 0) is 23.6 Å². The van der Waals surface area contributed by atoms with Crippen LogP contribution in [0.1, 0.15) is 25.8 Å². The molecule has 19 heavy (non-hydrogen) atoms. The van der Waals surface area contributed by atoms with Gasteiger partial charge in [-0.25, -0.2) is 8.42 Å². The molecular formula is C14H23NO3S. The molecule has 0 saturated carbocycles. The topological polar surface area (TPSA) is 69.4 Å². The Bertz CT molecular complexity index is 485. The van der Waals surface area contributed by atoms with Crippen LogP contribution >= 0.6 is 0 Å². The van der Waals surface area contributed by atoms with Crippen LogP contribution in [0.4, 0.5) is 0 Å². The van der Waals surface area contributed by atoms with Crippen LogP contribution in [0.5, 0.6) is 5.75 Å². The van der Waals surface area contributed by atoms with E-state index in [9.17, 15) is 8.42 Å². The quantitative estimate of drug-likeness (QED) is 0.793. The molecule has 0 bridgehead atoms. The van der Waals surface area contributed by atoms with Crippen LogP contribution in [-0.4, -0.2) is 26.5 Å². The second-order valence-corrected chi connectivity index (χ2v) is 7.06. The second kappa shape index (κ2) is 7.50. The average molecular weight is 285 g/mol. The highest BCUT2D eigenvalue weighted by atomic mass is 32.2. The Kier molecular flexibility index (Phi) is 6.31. The summed E-state index contributed by atoms with van der Waals surface area (Å²) < 4.78 is 29.1. The van der Waals surface area contributed by atoms with Crippen LogP contribution in [0.25, 0.3) is 0 Å². The number of nitrogens with two attached hydrogens (primary N) is 1. The van der Waals surface area contributed by atoms with Gasteiger partial charge in [-0.3, -0.25) is 0 Å². The van der Waals surface area contributed by atoms with E-state index >= 15 is 0 Å². The molecule has 0 aliphatic carbocycles. The first-order valence-electron chi connectivity index (χ1n) is 6.59. The van der Waals surface area contributed by atoms with E-state index in [4.69, 9.17) is 10.5 Å². The maximum atomic E-state index is 11.8. The molecule has 2 N–H and O–H groups in total. The summed E-state index contributed by atoms with van der Waals surface area (Å²) in [6, 6.07) is 7.40. The van der Waals surface area contributed by atoms with Crippen molar-refractivity contribution in [3.63, 3.8) is 0 Å². The summed E-state index contributed by atoms with van der Waals surface area (Å²) in [4.78, 5) is 0. The lowest BCUT2D eigenvalue weighted by atomic mass is 10.2. The van der Waals surface area contributed by atoms with Crippen molar-refractivity contribution < 1.29 is 13.2 Å². The van der Waals surface area contributed by atoms with Gasteiger partial charge >= 0.3 is 0 Å². The largest absolute Gasteiger partial charge is 0.493 e. The lowest BCUT2D eigenvalue weighted by Gasteiger charge is -2.11. The molecule has 0 spiro atoms. The summed E-state index contributed by atoms with van der Waals surface area (Å²) in [6.07, 6.45) is 0.874. The van der Waals surface area contributed by atoms with Crippen molar-refractivity contribution in [2.45, 2.75) is 26.8 Å². The first kappa shape index (κ1) is 16.0. The van der Waals surface area contributed by atoms with E-state index in [1.807, 2.05) is 32.0 Å². The first-order chi connectivity index (χ1) is 8.96. The van der Waals surface area contributed by atoms with Crippen molar-refractivity contribution >= 4 is 9.84 Å². The molecule has 0 amide bonds. The molecule has 0 aliphatic heterocycles.